The predicted octanol–water partition coefficient (Wildman–Crippen LogP) is 3.62. The van der Waals surface area contributed by atoms with Crippen molar-refractivity contribution in [3.63, 3.8) is 0 Å². The van der Waals surface area contributed by atoms with Crippen molar-refractivity contribution in [3.05, 3.63) is 35.4 Å². The van der Waals surface area contributed by atoms with E-state index in [2.05, 4.69) is 34.1 Å². The third-order valence-electron chi connectivity index (χ3n) is 6.38. The van der Waals surface area contributed by atoms with Gasteiger partial charge in [-0.15, -0.1) is 0 Å². The van der Waals surface area contributed by atoms with Crippen LogP contribution in [0.4, 0.5) is 0 Å². The first-order chi connectivity index (χ1) is 11.8. The Kier molecular flexibility index (Phi) is 4.88. The highest BCUT2D eigenvalue weighted by Gasteiger charge is 2.35. The fraction of sp³-hybridized carbons (Fsp3) is 0.667. The second-order valence-electron chi connectivity index (χ2n) is 7.98. The minimum Gasteiger partial charge on any atom is -0.339 e. The summed E-state index contributed by atoms with van der Waals surface area (Å²) in [6.45, 7) is 4.11. The van der Waals surface area contributed by atoms with Crippen LogP contribution in [-0.2, 0) is 17.8 Å². The molecular formula is C21H30N2O. The fourth-order valence-corrected chi connectivity index (χ4v) is 4.68. The summed E-state index contributed by atoms with van der Waals surface area (Å²) >= 11 is 0. The molecule has 1 amide bonds. The van der Waals surface area contributed by atoms with E-state index in [1.807, 2.05) is 0 Å². The molecule has 2 heterocycles. The molecule has 1 aromatic rings. The van der Waals surface area contributed by atoms with E-state index in [1.165, 1.54) is 43.2 Å². The molecule has 0 unspecified atom stereocenters. The van der Waals surface area contributed by atoms with Crippen molar-refractivity contribution in [2.45, 2.75) is 64.0 Å². The van der Waals surface area contributed by atoms with E-state index in [0.717, 1.165) is 51.4 Å². The maximum atomic E-state index is 12.4. The molecular weight excluding hydrogens is 296 g/mol. The van der Waals surface area contributed by atoms with Crippen molar-refractivity contribution >= 4 is 5.91 Å². The van der Waals surface area contributed by atoms with Crippen LogP contribution in [0.5, 0.6) is 0 Å². The molecule has 1 saturated carbocycles. The van der Waals surface area contributed by atoms with Crippen molar-refractivity contribution in [3.8, 4) is 0 Å². The van der Waals surface area contributed by atoms with Gasteiger partial charge in [0.15, 0.2) is 0 Å². The van der Waals surface area contributed by atoms with Gasteiger partial charge >= 0.3 is 0 Å². The third kappa shape index (κ3) is 3.51. The van der Waals surface area contributed by atoms with Crippen molar-refractivity contribution in [1.29, 1.82) is 0 Å². The fourth-order valence-electron chi connectivity index (χ4n) is 4.68. The number of amides is 1. The van der Waals surface area contributed by atoms with Gasteiger partial charge in [0, 0.05) is 38.6 Å². The molecule has 130 valence electrons. The van der Waals surface area contributed by atoms with Gasteiger partial charge in [0.25, 0.3) is 0 Å². The Balaban J connectivity index is 1.21. The summed E-state index contributed by atoms with van der Waals surface area (Å²) in [5.41, 5.74) is 2.99. The molecule has 0 spiro atoms. The van der Waals surface area contributed by atoms with Crippen LogP contribution in [0, 0.1) is 5.92 Å². The molecule has 2 fully saturated rings. The Hall–Kier alpha value is -1.35. The number of benzene rings is 1. The van der Waals surface area contributed by atoms with Gasteiger partial charge < -0.3 is 4.90 Å². The van der Waals surface area contributed by atoms with E-state index in [1.54, 1.807) is 0 Å². The normalized spacial score (nSPS) is 22.9. The van der Waals surface area contributed by atoms with E-state index in [9.17, 15) is 4.79 Å². The quantitative estimate of drug-likeness (QED) is 0.844. The number of nitrogens with zero attached hydrogens (tertiary/aromatic N) is 2. The number of likely N-dealkylation sites (tertiary alicyclic amines) is 1. The molecule has 0 atom stereocenters. The predicted molar refractivity (Wildman–Crippen MR) is 96.7 cm³/mol. The molecule has 24 heavy (non-hydrogen) atoms. The average Bonchev–Trinajstić information content (AvgIpc) is 2.59. The average molecular weight is 326 g/mol. The van der Waals surface area contributed by atoms with E-state index in [4.69, 9.17) is 0 Å². The lowest BCUT2D eigenvalue weighted by Crippen LogP contribution is -2.61. The van der Waals surface area contributed by atoms with Crippen LogP contribution in [0.2, 0.25) is 0 Å². The Bertz CT molecular complexity index is 573. The summed E-state index contributed by atoms with van der Waals surface area (Å²) in [5, 5.41) is 0. The monoisotopic (exact) mass is 326 g/mol. The van der Waals surface area contributed by atoms with Gasteiger partial charge in [0.1, 0.15) is 0 Å². The van der Waals surface area contributed by atoms with Crippen LogP contribution >= 0.6 is 0 Å². The molecule has 3 aliphatic rings. The minimum atomic E-state index is 0.397. The van der Waals surface area contributed by atoms with Gasteiger partial charge in [0.05, 0.1) is 0 Å². The van der Waals surface area contributed by atoms with Crippen LogP contribution in [-0.4, -0.2) is 41.4 Å². The van der Waals surface area contributed by atoms with Gasteiger partial charge in [-0.3, -0.25) is 9.69 Å². The topological polar surface area (TPSA) is 23.6 Å². The zero-order valence-electron chi connectivity index (χ0n) is 14.8. The van der Waals surface area contributed by atoms with Crippen molar-refractivity contribution < 1.29 is 4.79 Å². The number of rotatable bonds is 4. The standard InChI is InChI=1S/C21H30N2O/c24-21(11-10-17-6-2-1-3-7-17)23-15-20(16-23)22-13-12-18-8-4-5-9-19(18)14-22/h4-5,8-9,17,20H,1-3,6-7,10-16H2. The first-order valence-corrected chi connectivity index (χ1v) is 9.88. The molecule has 2 aliphatic heterocycles. The largest absolute Gasteiger partial charge is 0.339 e. The van der Waals surface area contributed by atoms with Gasteiger partial charge in [-0.25, -0.2) is 0 Å². The minimum absolute atomic E-state index is 0.397. The summed E-state index contributed by atoms with van der Waals surface area (Å²) in [4.78, 5) is 17.1. The van der Waals surface area contributed by atoms with Crippen molar-refractivity contribution in [2.75, 3.05) is 19.6 Å². The molecule has 3 heteroatoms. The Morgan fingerprint density at radius 2 is 1.79 bits per heavy atom. The van der Waals surface area contributed by atoms with Crippen molar-refractivity contribution in [1.82, 2.24) is 9.80 Å². The number of carbonyl (C=O) groups is 1. The highest BCUT2D eigenvalue weighted by molar-refractivity contribution is 5.77. The molecule has 1 aliphatic carbocycles. The first kappa shape index (κ1) is 16.1. The second kappa shape index (κ2) is 7.26. The van der Waals surface area contributed by atoms with Gasteiger partial charge in [-0.2, -0.15) is 0 Å². The first-order valence-electron chi connectivity index (χ1n) is 9.88. The van der Waals surface area contributed by atoms with Crippen LogP contribution in [0.25, 0.3) is 0 Å². The number of hydrogen-bond donors (Lipinski definition) is 0. The molecule has 0 N–H and O–H groups in total. The SMILES string of the molecule is O=C(CCC1CCCCC1)N1CC(N2CCc3ccccc3C2)C1. The van der Waals surface area contributed by atoms with E-state index in [-0.39, 0.29) is 0 Å². The Labute approximate surface area is 146 Å². The van der Waals surface area contributed by atoms with Gasteiger partial charge in [-0.05, 0) is 29.9 Å². The summed E-state index contributed by atoms with van der Waals surface area (Å²) in [7, 11) is 0. The maximum Gasteiger partial charge on any atom is 0.222 e. The van der Waals surface area contributed by atoms with Crippen LogP contribution in [0.1, 0.15) is 56.1 Å². The molecule has 0 bridgehead atoms. The summed E-state index contributed by atoms with van der Waals surface area (Å²) < 4.78 is 0. The number of fused-ring (bicyclic) bond motifs is 1. The summed E-state index contributed by atoms with van der Waals surface area (Å²) in [5.74, 6) is 1.22. The lowest BCUT2D eigenvalue weighted by atomic mass is 9.86. The van der Waals surface area contributed by atoms with E-state index in [0.29, 0.717) is 11.9 Å². The maximum absolute atomic E-state index is 12.4. The number of hydrogen-bond acceptors (Lipinski definition) is 2. The lowest BCUT2D eigenvalue weighted by Gasteiger charge is -2.47. The molecule has 3 nitrogen and oxygen atoms in total. The molecule has 4 rings (SSSR count). The van der Waals surface area contributed by atoms with Crippen molar-refractivity contribution in [2.24, 2.45) is 5.92 Å². The lowest BCUT2D eigenvalue weighted by molar-refractivity contribution is -0.139. The Morgan fingerprint density at radius 3 is 2.58 bits per heavy atom. The van der Waals surface area contributed by atoms with Gasteiger partial charge in [0.2, 0.25) is 5.91 Å². The zero-order chi connectivity index (χ0) is 16.4. The Morgan fingerprint density at radius 1 is 1.04 bits per heavy atom. The molecule has 0 radical (unpaired) electrons. The van der Waals surface area contributed by atoms with E-state index < -0.39 is 0 Å². The molecule has 0 aromatic heterocycles. The van der Waals surface area contributed by atoms with Crippen LogP contribution in [0.15, 0.2) is 24.3 Å². The zero-order valence-corrected chi connectivity index (χ0v) is 14.8. The van der Waals surface area contributed by atoms with Gasteiger partial charge in [-0.1, -0.05) is 56.4 Å². The van der Waals surface area contributed by atoms with Crippen LogP contribution < -0.4 is 0 Å². The smallest absolute Gasteiger partial charge is 0.222 e. The highest BCUT2D eigenvalue weighted by atomic mass is 16.2. The number of carbonyl (C=O) groups excluding carboxylic acids is 1. The molecule has 1 saturated heterocycles. The summed E-state index contributed by atoms with van der Waals surface area (Å²) in [6.07, 6.45) is 9.91. The summed E-state index contributed by atoms with van der Waals surface area (Å²) in [6, 6.07) is 9.38. The third-order valence-corrected chi connectivity index (χ3v) is 6.38. The van der Waals surface area contributed by atoms with Crippen LogP contribution in [0.3, 0.4) is 0 Å². The van der Waals surface area contributed by atoms with E-state index >= 15 is 0 Å². The highest BCUT2D eigenvalue weighted by Crippen LogP contribution is 2.29. The molecule has 1 aromatic carbocycles. The second-order valence-corrected chi connectivity index (χ2v) is 7.98.